The third-order valence-corrected chi connectivity index (χ3v) is 9.26. The van der Waals surface area contributed by atoms with E-state index < -0.39 is 28.5 Å². The first-order valence-electron chi connectivity index (χ1n) is 13.3. The van der Waals surface area contributed by atoms with E-state index in [-0.39, 0.29) is 23.4 Å². The van der Waals surface area contributed by atoms with Crippen molar-refractivity contribution in [1.29, 1.82) is 0 Å². The van der Waals surface area contributed by atoms with E-state index in [1.165, 1.54) is 4.90 Å². The highest BCUT2D eigenvalue weighted by Gasteiger charge is 2.33. The van der Waals surface area contributed by atoms with Gasteiger partial charge in [-0.25, -0.2) is 8.42 Å². The van der Waals surface area contributed by atoms with Crippen molar-refractivity contribution in [3.8, 4) is 0 Å². The Hall–Kier alpha value is -3.17. The molecule has 0 aliphatic heterocycles. The highest BCUT2D eigenvalue weighted by molar-refractivity contribution is 9.10. The molecule has 0 aromatic heterocycles. The number of aryl methyl sites for hydroxylation is 3. The summed E-state index contributed by atoms with van der Waals surface area (Å²) in [5, 5.41) is 2.95. The lowest BCUT2D eigenvalue weighted by molar-refractivity contribution is -0.139. The van der Waals surface area contributed by atoms with Gasteiger partial charge in [0.15, 0.2) is 0 Å². The third-order valence-electron chi connectivity index (χ3n) is 6.96. The predicted octanol–water partition coefficient (Wildman–Crippen LogP) is 5.90. The molecule has 2 amide bonds. The van der Waals surface area contributed by atoms with E-state index in [1.54, 1.807) is 37.3 Å². The molecule has 3 aromatic carbocycles. The van der Waals surface area contributed by atoms with Crippen LogP contribution in [0.1, 0.15) is 49.4 Å². The molecule has 0 fully saturated rings. The first-order valence-corrected chi connectivity index (χ1v) is 15.6. The fourth-order valence-corrected chi connectivity index (χ4v) is 5.91. The van der Waals surface area contributed by atoms with Crippen molar-refractivity contribution in [2.24, 2.45) is 0 Å². The number of halogens is 1. The molecule has 0 spiro atoms. The van der Waals surface area contributed by atoms with Gasteiger partial charge < -0.3 is 10.2 Å². The van der Waals surface area contributed by atoms with Crippen LogP contribution in [-0.2, 0) is 26.2 Å². The Morgan fingerprint density at radius 2 is 1.50 bits per heavy atom. The summed E-state index contributed by atoms with van der Waals surface area (Å²) in [6, 6.07) is 18.7. The van der Waals surface area contributed by atoms with Crippen LogP contribution in [0.2, 0.25) is 0 Å². The fourth-order valence-electron chi connectivity index (χ4n) is 4.17. The zero-order valence-electron chi connectivity index (χ0n) is 23.9. The molecule has 0 radical (unpaired) electrons. The maximum absolute atomic E-state index is 14.1. The zero-order valence-corrected chi connectivity index (χ0v) is 26.3. The van der Waals surface area contributed by atoms with E-state index in [1.807, 2.05) is 71.0 Å². The highest BCUT2D eigenvalue weighted by atomic mass is 79.9. The number of nitrogens with one attached hydrogen (secondary N) is 1. The van der Waals surface area contributed by atoms with Crippen LogP contribution in [-0.4, -0.2) is 43.8 Å². The fraction of sp³-hybridized carbons (Fsp3) is 0.355. The summed E-state index contributed by atoms with van der Waals surface area (Å²) in [4.78, 5) is 28.8. The van der Waals surface area contributed by atoms with Crippen LogP contribution < -0.4 is 9.62 Å². The van der Waals surface area contributed by atoms with Crippen LogP contribution in [0.3, 0.4) is 0 Å². The quantitative estimate of drug-likeness (QED) is 0.287. The predicted molar refractivity (Wildman–Crippen MR) is 164 cm³/mol. The third kappa shape index (κ3) is 7.73. The number of carbonyl (C=O) groups excluding carboxylic acids is 2. The van der Waals surface area contributed by atoms with Gasteiger partial charge in [-0.3, -0.25) is 13.9 Å². The van der Waals surface area contributed by atoms with Crippen LogP contribution in [0.5, 0.6) is 0 Å². The molecule has 0 bridgehead atoms. The number of hydrogen-bond donors (Lipinski definition) is 1. The van der Waals surface area contributed by atoms with Gasteiger partial charge in [0.25, 0.3) is 10.0 Å². The van der Waals surface area contributed by atoms with E-state index in [9.17, 15) is 18.0 Å². The Morgan fingerprint density at radius 3 is 2.10 bits per heavy atom. The second-order valence-electron chi connectivity index (χ2n) is 10.3. The number of benzene rings is 3. The molecule has 2 atom stereocenters. The van der Waals surface area contributed by atoms with E-state index in [4.69, 9.17) is 0 Å². The second-order valence-corrected chi connectivity index (χ2v) is 13.0. The molecule has 3 rings (SSSR count). The Kier molecular flexibility index (Phi) is 10.6. The van der Waals surface area contributed by atoms with E-state index >= 15 is 0 Å². The van der Waals surface area contributed by atoms with Crippen molar-refractivity contribution in [1.82, 2.24) is 10.2 Å². The average molecular weight is 629 g/mol. The molecule has 3 aromatic rings. The van der Waals surface area contributed by atoms with Gasteiger partial charge >= 0.3 is 0 Å². The van der Waals surface area contributed by atoms with E-state index in [0.717, 1.165) is 37.5 Å². The van der Waals surface area contributed by atoms with Crippen molar-refractivity contribution in [3.05, 3.63) is 93.5 Å². The summed E-state index contributed by atoms with van der Waals surface area (Å²) in [6.45, 7) is 10.8. The molecule has 0 heterocycles. The average Bonchev–Trinajstić information content (AvgIpc) is 2.92. The normalized spacial score (nSPS) is 12.9. The summed E-state index contributed by atoms with van der Waals surface area (Å²) in [6.07, 6.45) is 0.744. The molecule has 7 nitrogen and oxygen atoms in total. The molecule has 214 valence electrons. The van der Waals surface area contributed by atoms with Crippen molar-refractivity contribution in [2.75, 3.05) is 10.8 Å². The summed E-state index contributed by atoms with van der Waals surface area (Å²) < 4.78 is 30.1. The number of carbonyl (C=O) groups is 2. The lowest BCUT2D eigenvalue weighted by atomic mass is 10.1. The van der Waals surface area contributed by atoms with Crippen LogP contribution in [0.4, 0.5) is 5.69 Å². The highest BCUT2D eigenvalue weighted by Crippen LogP contribution is 2.29. The number of sulfonamides is 1. The maximum atomic E-state index is 14.1. The topological polar surface area (TPSA) is 86.8 Å². The van der Waals surface area contributed by atoms with E-state index in [2.05, 4.69) is 21.2 Å². The molecule has 1 N–H and O–H groups in total. The minimum absolute atomic E-state index is 0.0621. The smallest absolute Gasteiger partial charge is 0.264 e. The Labute approximate surface area is 246 Å². The van der Waals surface area contributed by atoms with Crippen LogP contribution in [0, 0.1) is 20.8 Å². The monoisotopic (exact) mass is 627 g/mol. The van der Waals surface area contributed by atoms with Crippen molar-refractivity contribution in [3.63, 3.8) is 0 Å². The van der Waals surface area contributed by atoms with Gasteiger partial charge in [-0.2, -0.15) is 0 Å². The number of anilines is 1. The van der Waals surface area contributed by atoms with Gasteiger partial charge in [0.1, 0.15) is 12.6 Å². The van der Waals surface area contributed by atoms with Crippen molar-refractivity contribution < 1.29 is 18.0 Å². The summed E-state index contributed by atoms with van der Waals surface area (Å²) in [5.41, 5.74) is 3.75. The molecule has 0 saturated heterocycles. The lowest BCUT2D eigenvalue weighted by Gasteiger charge is -2.33. The first-order chi connectivity index (χ1) is 18.8. The molecule has 0 saturated carbocycles. The number of amides is 2. The van der Waals surface area contributed by atoms with Gasteiger partial charge in [-0.15, -0.1) is 0 Å². The summed E-state index contributed by atoms with van der Waals surface area (Å²) >= 11 is 3.43. The zero-order chi connectivity index (χ0) is 29.6. The van der Waals surface area contributed by atoms with Gasteiger partial charge in [0.2, 0.25) is 11.8 Å². The molecule has 9 heteroatoms. The first kappa shape index (κ1) is 31.4. The number of rotatable bonds is 11. The number of hydrogen-bond acceptors (Lipinski definition) is 4. The minimum atomic E-state index is -4.11. The SMILES string of the molecule is CC[C@H](C)NC(=O)[C@H](C)N(Cc1ccc(Br)cc1)C(=O)CN(c1cc(C)ccc1C)S(=O)(=O)c1ccc(C)cc1. The maximum Gasteiger partial charge on any atom is 0.264 e. The van der Waals surface area contributed by atoms with Gasteiger partial charge in [0, 0.05) is 17.1 Å². The van der Waals surface area contributed by atoms with Gasteiger partial charge in [-0.1, -0.05) is 64.8 Å². The molecule has 40 heavy (non-hydrogen) atoms. The Morgan fingerprint density at radius 1 is 0.900 bits per heavy atom. The largest absolute Gasteiger partial charge is 0.352 e. The van der Waals surface area contributed by atoms with Crippen LogP contribution >= 0.6 is 15.9 Å². The van der Waals surface area contributed by atoms with Crippen molar-refractivity contribution >= 4 is 43.5 Å². The van der Waals surface area contributed by atoms with Crippen molar-refractivity contribution in [2.45, 2.75) is 71.5 Å². The second kappa shape index (κ2) is 13.5. The summed E-state index contributed by atoms with van der Waals surface area (Å²) in [7, 11) is -4.11. The molecular formula is C31H38BrN3O4S. The minimum Gasteiger partial charge on any atom is -0.352 e. The van der Waals surface area contributed by atoms with Crippen LogP contribution in [0.15, 0.2) is 76.1 Å². The standard InChI is InChI=1S/C31H38BrN3O4S/c1-7-24(5)33-31(37)25(6)34(19-26-12-14-27(32)15-13-26)30(36)20-35(29-18-22(3)8-11-23(29)4)40(38,39)28-16-9-21(2)10-17-28/h8-18,24-25H,7,19-20H2,1-6H3,(H,33,37)/t24-,25-/m0/s1. The summed E-state index contributed by atoms with van der Waals surface area (Å²) in [5.74, 6) is -0.772. The molecule has 0 unspecified atom stereocenters. The van der Waals surface area contributed by atoms with Gasteiger partial charge in [0.05, 0.1) is 10.6 Å². The Bertz CT molecular complexity index is 1440. The Balaban J connectivity index is 2.06. The van der Waals surface area contributed by atoms with Crippen LogP contribution in [0.25, 0.3) is 0 Å². The molecule has 0 aliphatic rings. The molecular weight excluding hydrogens is 590 g/mol. The van der Waals surface area contributed by atoms with E-state index in [0.29, 0.717) is 5.69 Å². The lowest BCUT2D eigenvalue weighted by Crippen LogP contribution is -2.52. The molecule has 0 aliphatic carbocycles. The van der Waals surface area contributed by atoms with Gasteiger partial charge in [-0.05, 0) is 88.1 Å². The number of nitrogens with zero attached hydrogens (tertiary/aromatic N) is 2.